The van der Waals surface area contributed by atoms with Gasteiger partial charge in [-0.15, -0.1) is 0 Å². The van der Waals surface area contributed by atoms with Crippen molar-refractivity contribution in [1.29, 1.82) is 0 Å². The Balaban J connectivity index is 2.34. The number of carbonyl (C=O) groups excluding carboxylic acids is 1. The molecule has 0 bridgehead atoms. The molecule has 0 aromatic heterocycles. The standard InChI is InChI=1S/C15H16F5NO/c1-6-4-3-5-7(2)14(6)21-15(22)8-9(16)11(18)13(20)12(19)10(8)17/h6-7,14H,3-5H2,1-2H3,(H,21,22). The molecule has 1 saturated carbocycles. The third kappa shape index (κ3) is 2.80. The first-order valence-corrected chi connectivity index (χ1v) is 7.08. The molecule has 1 aliphatic rings. The number of amides is 1. The maximum Gasteiger partial charge on any atom is 0.257 e. The first kappa shape index (κ1) is 16.7. The van der Waals surface area contributed by atoms with E-state index in [1.807, 2.05) is 13.8 Å². The summed E-state index contributed by atoms with van der Waals surface area (Å²) in [5.74, 6) is -11.9. The van der Waals surface area contributed by atoms with Gasteiger partial charge in [0.1, 0.15) is 5.56 Å². The highest BCUT2D eigenvalue weighted by atomic mass is 19.2. The molecule has 2 nitrogen and oxygen atoms in total. The lowest BCUT2D eigenvalue weighted by Gasteiger charge is -2.35. The fraction of sp³-hybridized carbons (Fsp3) is 0.533. The van der Waals surface area contributed by atoms with Gasteiger partial charge in [-0.05, 0) is 24.7 Å². The second kappa shape index (κ2) is 6.22. The number of hydrogen-bond donors (Lipinski definition) is 1. The van der Waals surface area contributed by atoms with Crippen LogP contribution in [0.5, 0.6) is 0 Å². The Morgan fingerprint density at radius 1 is 0.864 bits per heavy atom. The van der Waals surface area contributed by atoms with Gasteiger partial charge in [0.05, 0.1) is 0 Å². The van der Waals surface area contributed by atoms with Crippen LogP contribution in [0.4, 0.5) is 22.0 Å². The van der Waals surface area contributed by atoms with Crippen LogP contribution < -0.4 is 5.32 Å². The lowest BCUT2D eigenvalue weighted by molar-refractivity contribution is 0.0868. The molecule has 1 fully saturated rings. The summed E-state index contributed by atoms with van der Waals surface area (Å²) in [5, 5.41) is 2.42. The monoisotopic (exact) mass is 321 g/mol. The van der Waals surface area contributed by atoms with Crippen LogP contribution in [0.2, 0.25) is 0 Å². The first-order chi connectivity index (χ1) is 10.3. The zero-order valence-corrected chi connectivity index (χ0v) is 12.2. The second-order valence-electron chi connectivity index (χ2n) is 5.83. The topological polar surface area (TPSA) is 29.1 Å². The Morgan fingerprint density at radius 3 is 1.73 bits per heavy atom. The Morgan fingerprint density at radius 2 is 1.27 bits per heavy atom. The van der Waals surface area contributed by atoms with E-state index in [4.69, 9.17) is 0 Å². The van der Waals surface area contributed by atoms with Crippen molar-refractivity contribution in [3.05, 3.63) is 34.6 Å². The van der Waals surface area contributed by atoms with Crippen LogP contribution in [0.15, 0.2) is 0 Å². The van der Waals surface area contributed by atoms with Crippen molar-refractivity contribution in [3.63, 3.8) is 0 Å². The number of rotatable bonds is 2. The number of halogens is 5. The Bertz CT molecular complexity index is 565. The van der Waals surface area contributed by atoms with Crippen molar-refractivity contribution in [2.45, 2.75) is 39.2 Å². The minimum absolute atomic E-state index is 0.0639. The average Bonchev–Trinajstić information content (AvgIpc) is 2.47. The van der Waals surface area contributed by atoms with E-state index in [0.717, 1.165) is 19.3 Å². The molecule has 0 radical (unpaired) electrons. The molecule has 122 valence electrons. The molecule has 0 spiro atoms. The highest BCUT2D eigenvalue weighted by molar-refractivity contribution is 5.95. The lowest BCUT2D eigenvalue weighted by Crippen LogP contribution is -2.46. The van der Waals surface area contributed by atoms with E-state index in [2.05, 4.69) is 5.32 Å². The molecule has 0 saturated heterocycles. The van der Waals surface area contributed by atoms with E-state index in [0.29, 0.717) is 0 Å². The Labute approximate surface area is 124 Å². The molecule has 1 N–H and O–H groups in total. The van der Waals surface area contributed by atoms with Crippen molar-refractivity contribution < 1.29 is 26.7 Å². The lowest BCUT2D eigenvalue weighted by atomic mass is 9.78. The van der Waals surface area contributed by atoms with Crippen molar-refractivity contribution in [2.75, 3.05) is 0 Å². The summed E-state index contributed by atoms with van der Waals surface area (Å²) in [7, 11) is 0. The van der Waals surface area contributed by atoms with Crippen LogP contribution in [0.3, 0.4) is 0 Å². The smallest absolute Gasteiger partial charge is 0.257 e. The van der Waals surface area contributed by atoms with Gasteiger partial charge in [0, 0.05) is 6.04 Å². The van der Waals surface area contributed by atoms with Crippen LogP contribution in [-0.2, 0) is 0 Å². The molecule has 2 unspecified atom stereocenters. The van der Waals surface area contributed by atoms with E-state index in [1.165, 1.54) is 0 Å². The van der Waals surface area contributed by atoms with Crippen LogP contribution in [-0.4, -0.2) is 11.9 Å². The molecule has 1 aromatic carbocycles. The van der Waals surface area contributed by atoms with Gasteiger partial charge < -0.3 is 5.32 Å². The van der Waals surface area contributed by atoms with Crippen LogP contribution in [0, 0.1) is 40.9 Å². The third-order valence-corrected chi connectivity index (χ3v) is 4.28. The number of benzene rings is 1. The van der Waals surface area contributed by atoms with Gasteiger partial charge in [-0.3, -0.25) is 4.79 Å². The summed E-state index contributed by atoms with van der Waals surface area (Å²) >= 11 is 0. The highest BCUT2D eigenvalue weighted by Crippen LogP contribution is 2.30. The van der Waals surface area contributed by atoms with E-state index in [-0.39, 0.29) is 17.9 Å². The second-order valence-corrected chi connectivity index (χ2v) is 5.83. The van der Waals surface area contributed by atoms with E-state index in [9.17, 15) is 26.7 Å². The van der Waals surface area contributed by atoms with Crippen molar-refractivity contribution in [2.24, 2.45) is 11.8 Å². The highest BCUT2D eigenvalue weighted by Gasteiger charge is 2.34. The van der Waals surface area contributed by atoms with Gasteiger partial charge in [-0.2, -0.15) is 0 Å². The largest absolute Gasteiger partial charge is 0.349 e. The minimum Gasteiger partial charge on any atom is -0.349 e. The van der Waals surface area contributed by atoms with E-state index >= 15 is 0 Å². The first-order valence-electron chi connectivity index (χ1n) is 7.08. The van der Waals surface area contributed by atoms with Gasteiger partial charge in [-0.25, -0.2) is 22.0 Å². The predicted octanol–water partition coefficient (Wildman–Crippen LogP) is 3.94. The quantitative estimate of drug-likeness (QED) is 0.499. The Hall–Kier alpha value is -1.66. The molecule has 2 atom stereocenters. The molecular weight excluding hydrogens is 305 g/mol. The zero-order valence-electron chi connectivity index (χ0n) is 12.2. The fourth-order valence-corrected chi connectivity index (χ4v) is 2.99. The number of hydrogen-bond acceptors (Lipinski definition) is 1. The van der Waals surface area contributed by atoms with Crippen molar-refractivity contribution in [1.82, 2.24) is 5.32 Å². The summed E-state index contributed by atoms with van der Waals surface area (Å²) in [6, 6.07) is -0.365. The molecule has 1 aliphatic carbocycles. The number of nitrogens with one attached hydrogen (secondary N) is 1. The summed E-state index contributed by atoms with van der Waals surface area (Å²) in [4.78, 5) is 12.0. The number of carbonyl (C=O) groups is 1. The van der Waals surface area contributed by atoms with Gasteiger partial charge >= 0.3 is 0 Å². The SMILES string of the molecule is CC1CCCC(C)C1NC(=O)c1c(F)c(F)c(F)c(F)c1F. The maximum atomic E-state index is 13.6. The van der Waals surface area contributed by atoms with Crippen LogP contribution in [0.25, 0.3) is 0 Å². The predicted molar refractivity (Wildman–Crippen MR) is 69.7 cm³/mol. The van der Waals surface area contributed by atoms with Gasteiger partial charge in [0.2, 0.25) is 5.82 Å². The van der Waals surface area contributed by atoms with Crippen LogP contribution in [0.1, 0.15) is 43.5 Å². The zero-order chi connectivity index (χ0) is 16.6. The minimum atomic E-state index is -2.27. The van der Waals surface area contributed by atoms with E-state index in [1.54, 1.807) is 0 Å². The van der Waals surface area contributed by atoms with Gasteiger partial charge in [-0.1, -0.05) is 20.3 Å². The fourth-order valence-electron chi connectivity index (χ4n) is 2.99. The molecule has 1 amide bonds. The maximum absolute atomic E-state index is 13.6. The Kier molecular flexibility index (Phi) is 4.72. The summed E-state index contributed by atoms with van der Waals surface area (Å²) in [6.45, 7) is 3.75. The van der Waals surface area contributed by atoms with Crippen molar-refractivity contribution in [3.8, 4) is 0 Å². The molecule has 22 heavy (non-hydrogen) atoms. The molecule has 0 heterocycles. The molecule has 7 heteroatoms. The van der Waals surface area contributed by atoms with E-state index < -0.39 is 40.6 Å². The van der Waals surface area contributed by atoms with Gasteiger partial charge in [0.25, 0.3) is 5.91 Å². The molecule has 2 rings (SSSR count). The molecular formula is C15H16F5NO. The summed E-state index contributed by atoms with van der Waals surface area (Å²) < 4.78 is 66.5. The summed E-state index contributed by atoms with van der Waals surface area (Å²) in [6.07, 6.45) is 2.62. The summed E-state index contributed by atoms with van der Waals surface area (Å²) in [5.41, 5.74) is -1.43. The van der Waals surface area contributed by atoms with Crippen molar-refractivity contribution >= 4 is 5.91 Å². The van der Waals surface area contributed by atoms with Gasteiger partial charge in [0.15, 0.2) is 23.3 Å². The van der Waals surface area contributed by atoms with Crippen LogP contribution >= 0.6 is 0 Å². The average molecular weight is 321 g/mol. The normalized spacial score (nSPS) is 25.1. The molecule has 1 aromatic rings. The third-order valence-electron chi connectivity index (χ3n) is 4.28. The molecule has 0 aliphatic heterocycles.